The quantitative estimate of drug-likeness (QED) is 0.272. The summed E-state index contributed by atoms with van der Waals surface area (Å²) in [4.78, 5) is 24.9. The van der Waals surface area contributed by atoms with E-state index in [-0.39, 0.29) is 19.5 Å². The molecule has 6 nitrogen and oxygen atoms in total. The molecule has 6 rings (SSSR count). The standard InChI is InChI=1S/C10H8N2.2C9H7N2.Ru/c1-3-7-11-9(5-1)10-6-2-4-8-12-10;2*1-2-6-10-8(4-1)9-5-3-7-11-9;/h1-8H;2*1-7H;/q;2*-1;+2. The molecule has 0 fully saturated rings. The molecule has 0 unspecified atom stereocenters. The minimum absolute atomic E-state index is 0. The number of aromatic nitrogens is 6. The van der Waals surface area contributed by atoms with E-state index in [1.165, 1.54) is 0 Å². The Kier molecular flexibility index (Phi) is 10.3. The summed E-state index contributed by atoms with van der Waals surface area (Å²) in [6.45, 7) is 0. The summed E-state index contributed by atoms with van der Waals surface area (Å²) in [6.07, 6.45) is 10.6. The normalized spacial score (nSPS) is 9.49. The van der Waals surface area contributed by atoms with Crippen LogP contribution in [0.4, 0.5) is 0 Å². The van der Waals surface area contributed by atoms with Crippen LogP contribution in [0.2, 0.25) is 0 Å². The second-order valence-corrected chi connectivity index (χ2v) is 6.90. The van der Waals surface area contributed by atoms with Crippen LogP contribution in [0, 0.1) is 0 Å². The van der Waals surface area contributed by atoms with E-state index < -0.39 is 0 Å². The molecule has 172 valence electrons. The Morgan fingerprint density at radius 3 is 0.971 bits per heavy atom. The third kappa shape index (κ3) is 7.95. The smallest absolute Gasteiger partial charge is 0.662 e. The van der Waals surface area contributed by atoms with Crippen molar-refractivity contribution in [2.24, 2.45) is 0 Å². The predicted octanol–water partition coefficient (Wildman–Crippen LogP) is 5.55. The zero-order valence-electron chi connectivity index (χ0n) is 18.7. The van der Waals surface area contributed by atoms with Crippen LogP contribution in [-0.2, 0) is 19.5 Å². The summed E-state index contributed by atoms with van der Waals surface area (Å²) in [7, 11) is 0. The number of nitrogens with zero attached hydrogens (tertiary/aromatic N) is 6. The van der Waals surface area contributed by atoms with E-state index in [9.17, 15) is 0 Å². The minimum atomic E-state index is 0. The van der Waals surface area contributed by atoms with E-state index in [0.29, 0.717) is 0 Å². The Balaban J connectivity index is 0.000000145. The van der Waals surface area contributed by atoms with Gasteiger partial charge in [-0.05, 0) is 48.5 Å². The molecule has 0 amide bonds. The van der Waals surface area contributed by atoms with Crippen LogP contribution in [0.15, 0.2) is 134 Å². The summed E-state index contributed by atoms with van der Waals surface area (Å²) in [6, 6.07) is 30.9. The summed E-state index contributed by atoms with van der Waals surface area (Å²) in [5, 5.41) is 0. The molecule has 0 atom stereocenters. The van der Waals surface area contributed by atoms with Crippen molar-refractivity contribution in [3.8, 4) is 34.2 Å². The van der Waals surface area contributed by atoms with E-state index in [0.717, 1.165) is 34.2 Å². The van der Waals surface area contributed by atoms with E-state index in [1.54, 1.807) is 37.2 Å². The fourth-order valence-electron chi connectivity index (χ4n) is 2.96. The second-order valence-electron chi connectivity index (χ2n) is 6.90. The Bertz CT molecular complexity index is 1200. The van der Waals surface area contributed by atoms with Crippen molar-refractivity contribution in [3.05, 3.63) is 134 Å². The first-order chi connectivity index (χ1) is 16.9. The van der Waals surface area contributed by atoms with Crippen LogP contribution in [0.1, 0.15) is 0 Å². The van der Waals surface area contributed by atoms with Gasteiger partial charge in [0.15, 0.2) is 0 Å². The zero-order chi connectivity index (χ0) is 23.3. The van der Waals surface area contributed by atoms with E-state index in [2.05, 4.69) is 29.9 Å². The number of hydrogen-bond acceptors (Lipinski definition) is 4. The van der Waals surface area contributed by atoms with Crippen molar-refractivity contribution in [1.29, 1.82) is 0 Å². The molecule has 6 heterocycles. The average Bonchev–Trinajstić information content (AvgIpc) is 3.67. The van der Waals surface area contributed by atoms with Gasteiger partial charge in [-0.3, -0.25) is 19.9 Å². The maximum absolute atomic E-state index is 4.19. The summed E-state index contributed by atoms with van der Waals surface area (Å²) >= 11 is 0. The molecule has 0 N–H and O–H groups in total. The van der Waals surface area contributed by atoms with Crippen LogP contribution in [0.5, 0.6) is 0 Å². The van der Waals surface area contributed by atoms with Gasteiger partial charge in [-0.1, -0.05) is 48.5 Å². The summed E-state index contributed by atoms with van der Waals surface area (Å²) in [5.41, 5.74) is 5.56. The average molecular weight is 544 g/mol. The predicted molar refractivity (Wildman–Crippen MR) is 133 cm³/mol. The third-order valence-electron chi connectivity index (χ3n) is 4.55. The molecule has 0 saturated heterocycles. The molecule has 0 aliphatic rings. The van der Waals surface area contributed by atoms with Crippen molar-refractivity contribution in [1.82, 2.24) is 29.9 Å². The largest absolute Gasteiger partial charge is 2.00 e. The SMILES string of the molecule is [Ru+2].c1ccc(-c2ccc[n-]2)nc1.c1ccc(-c2ccc[n-]2)nc1.c1ccc(-c2ccccn2)nc1. The molecule has 6 aromatic heterocycles. The first-order valence-electron chi connectivity index (χ1n) is 10.7. The molecule has 6 aromatic rings. The molecule has 0 aliphatic carbocycles. The van der Waals surface area contributed by atoms with Gasteiger partial charge < -0.3 is 9.97 Å². The van der Waals surface area contributed by atoms with Gasteiger partial charge in [0.2, 0.25) is 0 Å². The Labute approximate surface area is 217 Å². The number of hydrogen-bond donors (Lipinski definition) is 0. The number of rotatable bonds is 3. The van der Waals surface area contributed by atoms with Crippen LogP contribution in [0.3, 0.4) is 0 Å². The van der Waals surface area contributed by atoms with Gasteiger partial charge in [0, 0.05) is 36.2 Å². The third-order valence-corrected chi connectivity index (χ3v) is 4.55. The minimum Gasteiger partial charge on any atom is -0.662 e. The molecular formula is C28H22N6Ru. The zero-order valence-corrected chi connectivity index (χ0v) is 20.5. The fourth-order valence-corrected chi connectivity index (χ4v) is 2.96. The molecular weight excluding hydrogens is 521 g/mol. The van der Waals surface area contributed by atoms with Gasteiger partial charge in [0.05, 0.1) is 11.4 Å². The Morgan fingerprint density at radius 1 is 0.371 bits per heavy atom. The van der Waals surface area contributed by atoms with Crippen LogP contribution in [0.25, 0.3) is 34.2 Å². The van der Waals surface area contributed by atoms with Gasteiger partial charge in [-0.25, -0.2) is 0 Å². The van der Waals surface area contributed by atoms with Gasteiger partial charge in [0.25, 0.3) is 0 Å². The molecule has 0 aliphatic heterocycles. The summed E-state index contributed by atoms with van der Waals surface area (Å²) < 4.78 is 0. The van der Waals surface area contributed by atoms with Crippen LogP contribution >= 0.6 is 0 Å². The molecule has 35 heavy (non-hydrogen) atoms. The van der Waals surface area contributed by atoms with E-state index >= 15 is 0 Å². The topological polar surface area (TPSA) is 79.8 Å². The van der Waals surface area contributed by atoms with Gasteiger partial charge in [-0.15, -0.1) is 11.4 Å². The van der Waals surface area contributed by atoms with Gasteiger partial charge >= 0.3 is 19.5 Å². The van der Waals surface area contributed by atoms with Gasteiger partial charge in [-0.2, -0.15) is 12.4 Å². The van der Waals surface area contributed by atoms with E-state index in [4.69, 9.17) is 0 Å². The number of pyridine rings is 4. The van der Waals surface area contributed by atoms with Crippen molar-refractivity contribution in [3.63, 3.8) is 0 Å². The maximum Gasteiger partial charge on any atom is 2.00 e. The Morgan fingerprint density at radius 2 is 0.714 bits per heavy atom. The fraction of sp³-hybridized carbons (Fsp3) is 0. The first-order valence-corrected chi connectivity index (χ1v) is 10.7. The summed E-state index contributed by atoms with van der Waals surface area (Å²) in [5.74, 6) is 0. The molecule has 0 saturated carbocycles. The Hall–Kier alpha value is -4.22. The van der Waals surface area contributed by atoms with Gasteiger partial charge in [0.1, 0.15) is 0 Å². The van der Waals surface area contributed by atoms with Crippen molar-refractivity contribution in [2.45, 2.75) is 0 Å². The second kappa shape index (κ2) is 14.1. The van der Waals surface area contributed by atoms with Crippen LogP contribution < -0.4 is 9.97 Å². The monoisotopic (exact) mass is 544 g/mol. The van der Waals surface area contributed by atoms with Crippen LogP contribution in [-0.4, -0.2) is 19.9 Å². The molecule has 0 spiro atoms. The van der Waals surface area contributed by atoms with Crippen molar-refractivity contribution < 1.29 is 19.5 Å². The molecule has 0 aromatic carbocycles. The molecule has 0 radical (unpaired) electrons. The van der Waals surface area contributed by atoms with Crippen molar-refractivity contribution in [2.75, 3.05) is 0 Å². The first kappa shape index (κ1) is 25.4. The molecule has 0 bridgehead atoms. The van der Waals surface area contributed by atoms with E-state index in [1.807, 2.05) is 97.1 Å². The van der Waals surface area contributed by atoms with Crippen molar-refractivity contribution >= 4 is 0 Å². The molecule has 7 heteroatoms. The maximum atomic E-state index is 4.19.